The summed E-state index contributed by atoms with van der Waals surface area (Å²) < 4.78 is 6.71. The van der Waals surface area contributed by atoms with Crippen LogP contribution in [0.15, 0.2) is 5.16 Å². The van der Waals surface area contributed by atoms with E-state index in [1.165, 1.54) is 57.8 Å². The van der Waals surface area contributed by atoms with Crippen LogP contribution in [-0.4, -0.2) is 23.6 Å². The first-order valence-electron chi connectivity index (χ1n) is 14.2. The number of nitrogens with zero attached hydrogens (tertiary/aromatic N) is 1. The average Bonchev–Trinajstić information content (AvgIpc) is 3.07. The van der Waals surface area contributed by atoms with E-state index < -0.39 is 0 Å². The largest absolute Gasteiger partial charge is 0.411 e. The Labute approximate surface area is 202 Å². The van der Waals surface area contributed by atoms with Crippen molar-refractivity contribution < 1.29 is 9.94 Å². The first-order valence-corrected chi connectivity index (χ1v) is 14.2. The maximum absolute atomic E-state index is 9.76. The van der Waals surface area contributed by atoms with Crippen LogP contribution in [0.2, 0.25) is 0 Å². The van der Waals surface area contributed by atoms with Gasteiger partial charge in [0.1, 0.15) is 0 Å². The zero-order valence-electron chi connectivity index (χ0n) is 22.5. The van der Waals surface area contributed by atoms with Crippen molar-refractivity contribution in [3.05, 3.63) is 0 Å². The van der Waals surface area contributed by atoms with Gasteiger partial charge in [-0.15, -0.1) is 0 Å². The van der Waals surface area contributed by atoms with Crippen molar-refractivity contribution in [3.63, 3.8) is 0 Å². The maximum Gasteiger partial charge on any atom is 0.0663 e. The first kappa shape index (κ1) is 22.9. The Bertz CT molecular complexity index is 877. The van der Waals surface area contributed by atoms with Crippen molar-refractivity contribution in [3.8, 4) is 0 Å². The van der Waals surface area contributed by atoms with Crippen LogP contribution >= 0.6 is 0 Å². The SMILES string of the molecule is CC1(C)CC[C@]23CC[C@]4(C)[C@@H](CC[C@H]5[C@@]6(C)CC/C(=N/O)C(C)(C)[C@@H]6CC[C@]54C)[C@H]2[C@H]1OC3. The molecule has 0 aromatic carbocycles. The predicted octanol–water partition coefficient (Wildman–Crippen LogP) is 7.71. The molecule has 3 heteroatoms. The minimum Gasteiger partial charge on any atom is -0.411 e. The molecule has 1 N–H and O–H groups in total. The van der Waals surface area contributed by atoms with E-state index in [1.54, 1.807) is 0 Å². The summed E-state index contributed by atoms with van der Waals surface area (Å²) in [6.07, 6.45) is 13.6. The fourth-order valence-corrected chi connectivity index (χ4v) is 12.0. The van der Waals surface area contributed by atoms with Crippen LogP contribution in [0.1, 0.15) is 113 Å². The molecule has 5 aliphatic carbocycles. The topological polar surface area (TPSA) is 41.8 Å². The smallest absolute Gasteiger partial charge is 0.0663 e. The lowest BCUT2D eigenvalue weighted by Crippen LogP contribution is -2.67. The van der Waals surface area contributed by atoms with E-state index in [4.69, 9.17) is 4.74 Å². The van der Waals surface area contributed by atoms with Gasteiger partial charge in [0.15, 0.2) is 0 Å². The minimum atomic E-state index is 0.0117. The first-order chi connectivity index (χ1) is 15.4. The molecular formula is C30H49NO2. The molecule has 2 bridgehead atoms. The Kier molecular flexibility index (Phi) is 4.57. The Balaban J connectivity index is 1.39. The number of oxime groups is 1. The molecule has 186 valence electrons. The molecule has 1 aliphatic heterocycles. The van der Waals surface area contributed by atoms with Crippen molar-refractivity contribution in [1.29, 1.82) is 0 Å². The van der Waals surface area contributed by atoms with Gasteiger partial charge in [0.2, 0.25) is 0 Å². The molecule has 6 fully saturated rings. The van der Waals surface area contributed by atoms with Gasteiger partial charge in [0.25, 0.3) is 0 Å². The Hall–Kier alpha value is -0.570. The zero-order valence-corrected chi connectivity index (χ0v) is 22.5. The molecule has 6 aliphatic rings. The molecule has 0 aromatic rings. The van der Waals surface area contributed by atoms with Crippen LogP contribution in [0.3, 0.4) is 0 Å². The van der Waals surface area contributed by atoms with Gasteiger partial charge in [0, 0.05) is 5.41 Å². The van der Waals surface area contributed by atoms with Gasteiger partial charge < -0.3 is 9.94 Å². The summed E-state index contributed by atoms with van der Waals surface area (Å²) in [5, 5.41) is 13.6. The summed E-state index contributed by atoms with van der Waals surface area (Å²) in [4.78, 5) is 0. The molecule has 1 heterocycles. The number of fused-ring (bicyclic) bond motifs is 5. The Morgan fingerprint density at radius 2 is 1.52 bits per heavy atom. The molecule has 9 atom stereocenters. The van der Waals surface area contributed by atoms with Crippen LogP contribution in [0.4, 0.5) is 0 Å². The van der Waals surface area contributed by atoms with Gasteiger partial charge in [-0.1, -0.05) is 53.6 Å². The second-order valence-corrected chi connectivity index (χ2v) is 15.5. The van der Waals surface area contributed by atoms with Crippen LogP contribution in [0.25, 0.3) is 0 Å². The number of hydrogen-bond acceptors (Lipinski definition) is 3. The molecule has 33 heavy (non-hydrogen) atoms. The molecular weight excluding hydrogens is 406 g/mol. The van der Waals surface area contributed by atoms with Gasteiger partial charge in [0.05, 0.1) is 18.4 Å². The van der Waals surface area contributed by atoms with Gasteiger partial charge in [-0.25, -0.2) is 0 Å². The van der Waals surface area contributed by atoms with E-state index in [9.17, 15) is 5.21 Å². The van der Waals surface area contributed by atoms with Gasteiger partial charge in [-0.3, -0.25) is 0 Å². The molecule has 0 unspecified atom stereocenters. The third-order valence-corrected chi connectivity index (χ3v) is 14.0. The fraction of sp³-hybridized carbons (Fsp3) is 0.967. The lowest BCUT2D eigenvalue weighted by atomic mass is 9.31. The lowest BCUT2D eigenvalue weighted by Gasteiger charge is -2.73. The predicted molar refractivity (Wildman–Crippen MR) is 133 cm³/mol. The van der Waals surface area contributed by atoms with E-state index in [0.29, 0.717) is 39.1 Å². The summed E-state index contributed by atoms with van der Waals surface area (Å²) in [5.74, 6) is 3.02. The van der Waals surface area contributed by atoms with E-state index in [1.807, 2.05) is 0 Å². The summed E-state index contributed by atoms with van der Waals surface area (Å²) in [5.41, 5.74) is 3.06. The third-order valence-electron chi connectivity index (χ3n) is 14.0. The standard InChI is InChI=1S/C30H49NO2/c1-25(2)14-16-30-17-15-28(6)19(23(30)24(25)33-18-30)8-9-21-27(5)12-11-22(31-32)26(3,4)20(27)10-13-29(21,28)7/h19-21,23-24,32H,8-18H2,1-7H3/b31-22-/t19-,20-,21-,23-,24+,27-,28+,29+,30+/m0/s1. The normalized spacial score (nSPS) is 57.5. The van der Waals surface area contributed by atoms with Gasteiger partial charge in [-0.2, -0.15) is 0 Å². The summed E-state index contributed by atoms with van der Waals surface area (Å²) >= 11 is 0. The number of rotatable bonds is 0. The van der Waals surface area contributed by atoms with Crippen molar-refractivity contribution >= 4 is 5.71 Å². The van der Waals surface area contributed by atoms with Crippen molar-refractivity contribution in [2.45, 2.75) is 119 Å². The van der Waals surface area contributed by atoms with E-state index in [0.717, 1.165) is 36.5 Å². The molecule has 3 nitrogen and oxygen atoms in total. The summed E-state index contributed by atoms with van der Waals surface area (Å²) in [6.45, 7) is 18.8. The van der Waals surface area contributed by atoms with E-state index >= 15 is 0 Å². The second-order valence-electron chi connectivity index (χ2n) is 15.5. The molecule has 1 saturated heterocycles. The Morgan fingerprint density at radius 1 is 0.788 bits per heavy atom. The molecule has 0 radical (unpaired) electrons. The Morgan fingerprint density at radius 3 is 2.24 bits per heavy atom. The van der Waals surface area contributed by atoms with Crippen LogP contribution in [0.5, 0.6) is 0 Å². The van der Waals surface area contributed by atoms with Crippen LogP contribution < -0.4 is 0 Å². The minimum absolute atomic E-state index is 0.0117. The van der Waals surface area contributed by atoms with Crippen molar-refractivity contribution in [2.24, 2.45) is 61.3 Å². The highest BCUT2D eigenvalue weighted by Crippen LogP contribution is 2.77. The quantitative estimate of drug-likeness (QED) is 0.300. The lowest BCUT2D eigenvalue weighted by molar-refractivity contribution is -0.235. The van der Waals surface area contributed by atoms with Gasteiger partial charge >= 0.3 is 0 Å². The second kappa shape index (κ2) is 6.60. The molecule has 0 aromatic heterocycles. The molecule has 0 amide bonds. The van der Waals surface area contributed by atoms with Crippen LogP contribution in [-0.2, 0) is 4.74 Å². The molecule has 5 saturated carbocycles. The highest BCUT2D eigenvalue weighted by Gasteiger charge is 2.72. The zero-order chi connectivity index (χ0) is 23.7. The summed E-state index contributed by atoms with van der Waals surface area (Å²) in [6, 6.07) is 0. The van der Waals surface area contributed by atoms with Crippen molar-refractivity contribution in [1.82, 2.24) is 0 Å². The summed E-state index contributed by atoms with van der Waals surface area (Å²) in [7, 11) is 0. The molecule has 0 spiro atoms. The molecule has 6 rings (SSSR count). The highest BCUT2D eigenvalue weighted by molar-refractivity contribution is 5.90. The maximum atomic E-state index is 9.76. The average molecular weight is 456 g/mol. The fourth-order valence-electron chi connectivity index (χ4n) is 12.0. The van der Waals surface area contributed by atoms with Crippen LogP contribution in [0, 0.1) is 56.2 Å². The third kappa shape index (κ3) is 2.54. The van der Waals surface area contributed by atoms with Gasteiger partial charge in [-0.05, 0) is 115 Å². The monoisotopic (exact) mass is 455 g/mol. The van der Waals surface area contributed by atoms with E-state index in [2.05, 4.69) is 53.6 Å². The van der Waals surface area contributed by atoms with Crippen molar-refractivity contribution in [2.75, 3.05) is 6.61 Å². The van der Waals surface area contributed by atoms with E-state index in [-0.39, 0.29) is 5.41 Å². The highest BCUT2D eigenvalue weighted by atomic mass is 16.5. The number of ether oxygens (including phenoxy) is 1. The number of hydrogen-bond donors (Lipinski definition) is 1.